The first-order valence-corrected chi connectivity index (χ1v) is 6.81. The fourth-order valence-electron chi connectivity index (χ4n) is 4.01. The van der Waals surface area contributed by atoms with Crippen LogP contribution in [-0.4, -0.2) is 43.0 Å². The predicted octanol–water partition coefficient (Wildman–Crippen LogP) is 1.31. The van der Waals surface area contributed by atoms with E-state index in [1.165, 1.54) is 0 Å². The Balaban J connectivity index is 1.60. The van der Waals surface area contributed by atoms with Gasteiger partial charge in [-0.05, 0) is 25.7 Å². The predicted molar refractivity (Wildman–Crippen MR) is 63.5 cm³/mol. The third-order valence-electron chi connectivity index (χ3n) is 5.18. The molecule has 0 aromatic heterocycles. The quantitative estimate of drug-likeness (QED) is 0.833. The molecule has 0 aromatic rings. The Kier molecular flexibility index (Phi) is 2.66. The van der Waals surface area contributed by atoms with Gasteiger partial charge in [-0.2, -0.15) is 13.2 Å². The molecule has 4 nitrogen and oxygen atoms in total. The summed E-state index contributed by atoms with van der Waals surface area (Å²) >= 11 is 0. The number of halogens is 3. The Bertz CT molecular complexity index is 455. The van der Waals surface area contributed by atoms with Crippen LogP contribution in [0, 0.1) is 16.7 Å². The topological polar surface area (TPSA) is 49.4 Å². The molecule has 0 aromatic carbocycles. The van der Waals surface area contributed by atoms with Crippen molar-refractivity contribution in [3.05, 3.63) is 0 Å². The molecule has 4 rings (SSSR count). The molecule has 4 aliphatic rings. The van der Waals surface area contributed by atoms with Crippen LogP contribution in [0.5, 0.6) is 0 Å². The number of likely N-dealkylation sites (tertiary alicyclic amines) is 1. The van der Waals surface area contributed by atoms with E-state index in [1.807, 2.05) is 0 Å². The first-order chi connectivity index (χ1) is 9.23. The van der Waals surface area contributed by atoms with E-state index in [9.17, 15) is 22.8 Å². The maximum atomic E-state index is 12.8. The van der Waals surface area contributed by atoms with Gasteiger partial charge in [0.2, 0.25) is 11.8 Å². The number of nitrogens with one attached hydrogen (secondary N) is 1. The van der Waals surface area contributed by atoms with Gasteiger partial charge < -0.3 is 10.2 Å². The van der Waals surface area contributed by atoms with Gasteiger partial charge in [0.25, 0.3) is 0 Å². The smallest absolute Gasteiger partial charge is 0.359 e. The molecule has 1 atom stereocenters. The van der Waals surface area contributed by atoms with Crippen molar-refractivity contribution < 1.29 is 22.8 Å². The minimum absolute atomic E-state index is 0.0660. The van der Waals surface area contributed by atoms with Gasteiger partial charge in [-0.25, -0.2) is 0 Å². The lowest BCUT2D eigenvalue weighted by atomic mass is 9.34. The summed E-state index contributed by atoms with van der Waals surface area (Å²) in [7, 11) is 1.54. The molecule has 2 amide bonds. The third-order valence-corrected chi connectivity index (χ3v) is 5.18. The molecule has 1 heterocycles. The van der Waals surface area contributed by atoms with Crippen LogP contribution in [0.1, 0.15) is 25.7 Å². The molecule has 4 fully saturated rings. The standard InChI is InChI=1S/C13H17F3N2O2/c1-17-9(19)8-2-3-18(4-8)10(20)11-5-12(6-11,7-11)13(14,15)16/h8H,2-7H2,1H3,(H,17,19). The second-order valence-corrected chi connectivity index (χ2v) is 6.44. The molecule has 1 unspecified atom stereocenters. The molecule has 1 saturated heterocycles. The zero-order valence-electron chi connectivity index (χ0n) is 11.2. The molecule has 2 bridgehead atoms. The number of alkyl halides is 3. The summed E-state index contributed by atoms with van der Waals surface area (Å²) in [6.07, 6.45) is -3.80. The molecular weight excluding hydrogens is 273 g/mol. The second kappa shape index (κ2) is 3.89. The maximum Gasteiger partial charge on any atom is 0.394 e. The van der Waals surface area contributed by atoms with E-state index < -0.39 is 17.0 Å². The average Bonchev–Trinajstić information content (AvgIpc) is 2.71. The number of carbonyl (C=O) groups excluding carboxylic acids is 2. The van der Waals surface area contributed by atoms with E-state index in [1.54, 1.807) is 11.9 Å². The molecule has 3 saturated carbocycles. The number of hydrogen-bond acceptors (Lipinski definition) is 2. The highest BCUT2D eigenvalue weighted by atomic mass is 19.4. The minimum atomic E-state index is -4.19. The zero-order valence-corrected chi connectivity index (χ0v) is 11.2. The monoisotopic (exact) mass is 290 g/mol. The van der Waals surface area contributed by atoms with Gasteiger partial charge in [-0.15, -0.1) is 0 Å². The number of hydrogen-bond donors (Lipinski definition) is 1. The van der Waals surface area contributed by atoms with Crippen molar-refractivity contribution in [3.63, 3.8) is 0 Å². The summed E-state index contributed by atoms with van der Waals surface area (Å²) in [5.74, 6) is -0.521. The highest BCUT2D eigenvalue weighted by Crippen LogP contribution is 2.78. The highest BCUT2D eigenvalue weighted by Gasteiger charge is 2.81. The SMILES string of the molecule is CNC(=O)C1CCN(C(=O)C23CC(C(F)(F)F)(C2)C3)C1. The van der Waals surface area contributed by atoms with Crippen LogP contribution < -0.4 is 5.32 Å². The molecule has 3 aliphatic carbocycles. The fraction of sp³-hybridized carbons (Fsp3) is 0.846. The molecule has 112 valence electrons. The Hall–Kier alpha value is -1.27. The van der Waals surface area contributed by atoms with E-state index >= 15 is 0 Å². The van der Waals surface area contributed by atoms with Crippen LogP contribution in [-0.2, 0) is 9.59 Å². The van der Waals surface area contributed by atoms with E-state index in [4.69, 9.17) is 0 Å². The van der Waals surface area contributed by atoms with E-state index in [0.29, 0.717) is 19.5 Å². The minimum Gasteiger partial charge on any atom is -0.359 e. The van der Waals surface area contributed by atoms with E-state index in [0.717, 1.165) is 0 Å². The van der Waals surface area contributed by atoms with Gasteiger partial charge in [-0.1, -0.05) is 0 Å². The zero-order chi connectivity index (χ0) is 14.8. The Morgan fingerprint density at radius 1 is 1.25 bits per heavy atom. The number of rotatable bonds is 2. The lowest BCUT2D eigenvalue weighted by Crippen LogP contribution is -2.72. The molecule has 20 heavy (non-hydrogen) atoms. The average molecular weight is 290 g/mol. The summed E-state index contributed by atoms with van der Waals surface area (Å²) in [5, 5.41) is 2.54. The van der Waals surface area contributed by atoms with Gasteiger partial charge in [0, 0.05) is 20.1 Å². The summed E-state index contributed by atoms with van der Waals surface area (Å²) in [4.78, 5) is 25.4. The van der Waals surface area contributed by atoms with Crippen LogP contribution in [0.25, 0.3) is 0 Å². The highest BCUT2D eigenvalue weighted by molar-refractivity contribution is 5.88. The van der Waals surface area contributed by atoms with Crippen molar-refractivity contribution in [2.24, 2.45) is 16.7 Å². The van der Waals surface area contributed by atoms with Crippen molar-refractivity contribution >= 4 is 11.8 Å². The number of nitrogens with zero attached hydrogens (tertiary/aromatic N) is 1. The second-order valence-electron chi connectivity index (χ2n) is 6.44. The first kappa shape index (κ1) is 13.7. The summed E-state index contributed by atoms with van der Waals surface area (Å²) in [5.41, 5.74) is -2.38. The van der Waals surface area contributed by atoms with Crippen LogP contribution >= 0.6 is 0 Å². The normalized spacial score (nSPS) is 39.0. The van der Waals surface area contributed by atoms with Gasteiger partial charge in [0.05, 0.1) is 16.7 Å². The lowest BCUT2D eigenvalue weighted by Gasteiger charge is -2.69. The van der Waals surface area contributed by atoms with Gasteiger partial charge in [0.1, 0.15) is 0 Å². The largest absolute Gasteiger partial charge is 0.394 e. The van der Waals surface area contributed by atoms with Crippen molar-refractivity contribution in [3.8, 4) is 0 Å². The van der Waals surface area contributed by atoms with Gasteiger partial charge >= 0.3 is 6.18 Å². The summed E-state index contributed by atoms with van der Waals surface area (Å²) in [6, 6.07) is 0. The number of amides is 2. The molecular formula is C13H17F3N2O2. The molecule has 0 spiro atoms. The van der Waals surface area contributed by atoms with E-state index in [2.05, 4.69) is 5.32 Å². The Morgan fingerprint density at radius 2 is 1.85 bits per heavy atom. The molecule has 1 aliphatic heterocycles. The third kappa shape index (κ3) is 1.61. The number of carbonyl (C=O) groups is 2. The van der Waals surface area contributed by atoms with Crippen LogP contribution in [0.2, 0.25) is 0 Å². The van der Waals surface area contributed by atoms with Crippen molar-refractivity contribution in [2.75, 3.05) is 20.1 Å². The van der Waals surface area contributed by atoms with Crippen LogP contribution in [0.3, 0.4) is 0 Å². The first-order valence-electron chi connectivity index (χ1n) is 6.81. The van der Waals surface area contributed by atoms with Crippen LogP contribution in [0.15, 0.2) is 0 Å². The molecule has 7 heteroatoms. The van der Waals surface area contributed by atoms with Gasteiger partial charge in [-0.3, -0.25) is 9.59 Å². The summed E-state index contributed by atoms with van der Waals surface area (Å²) in [6.45, 7) is 0.803. The van der Waals surface area contributed by atoms with Crippen molar-refractivity contribution in [1.29, 1.82) is 0 Å². The van der Waals surface area contributed by atoms with Crippen molar-refractivity contribution in [1.82, 2.24) is 10.2 Å². The van der Waals surface area contributed by atoms with Crippen molar-refractivity contribution in [2.45, 2.75) is 31.9 Å². The lowest BCUT2D eigenvalue weighted by molar-refractivity contribution is -0.352. The Labute approximate surface area is 114 Å². The van der Waals surface area contributed by atoms with E-state index in [-0.39, 0.29) is 37.0 Å². The Morgan fingerprint density at radius 3 is 2.35 bits per heavy atom. The molecule has 0 radical (unpaired) electrons. The fourth-order valence-corrected chi connectivity index (χ4v) is 4.01. The van der Waals surface area contributed by atoms with Gasteiger partial charge in [0.15, 0.2) is 0 Å². The molecule has 1 N–H and O–H groups in total. The van der Waals surface area contributed by atoms with Crippen LogP contribution in [0.4, 0.5) is 13.2 Å². The summed E-state index contributed by atoms with van der Waals surface area (Å²) < 4.78 is 38.3. The maximum absolute atomic E-state index is 12.8.